The van der Waals surface area contributed by atoms with E-state index in [1.54, 1.807) is 0 Å². The van der Waals surface area contributed by atoms with Gasteiger partial charge in [0.1, 0.15) is 0 Å². The lowest BCUT2D eigenvalue weighted by Gasteiger charge is -2.12. The van der Waals surface area contributed by atoms with E-state index in [1.807, 2.05) is 0 Å². The summed E-state index contributed by atoms with van der Waals surface area (Å²) in [4.78, 5) is 0. The average Bonchev–Trinajstić information content (AvgIpc) is 4.01. The van der Waals surface area contributed by atoms with E-state index in [0.29, 0.717) is 0 Å². The predicted molar refractivity (Wildman–Crippen MR) is 271 cm³/mol. The number of hydrogen-bond donors (Lipinski definition) is 0. The molecule has 0 unspecified atom stereocenters. The Kier molecular flexibility index (Phi) is 7.43. The van der Waals surface area contributed by atoms with Crippen LogP contribution in [0.4, 0.5) is 0 Å². The van der Waals surface area contributed by atoms with Gasteiger partial charge >= 0.3 is 0 Å². The normalized spacial score (nSPS) is 12.1. The Morgan fingerprint density at radius 3 is 1.69 bits per heavy atom. The lowest BCUT2D eigenvalue weighted by atomic mass is 9.93. The molecule has 2 aromatic heterocycles. The molecule has 2 nitrogen and oxygen atoms in total. The zero-order valence-electron chi connectivity index (χ0n) is 34.8. The number of fused-ring (bicyclic) bond motifs is 11. The average molecular weight is 811 g/mol. The summed E-state index contributed by atoms with van der Waals surface area (Å²) in [5, 5.41) is 10.2. The molecule has 11 aromatic carbocycles. The van der Waals surface area contributed by atoms with Crippen molar-refractivity contribution in [1.29, 1.82) is 0 Å². The van der Waals surface area contributed by atoms with E-state index in [9.17, 15) is 0 Å². The van der Waals surface area contributed by atoms with E-state index in [0.717, 1.165) is 11.4 Å². The highest BCUT2D eigenvalue weighted by Gasteiger charge is 2.23. The topological polar surface area (TPSA) is 9.86 Å². The molecule has 13 aromatic rings. The third-order valence-corrected chi connectivity index (χ3v) is 13.9. The molecule has 2 heterocycles. The highest BCUT2D eigenvalue weighted by Crippen LogP contribution is 2.49. The summed E-state index contributed by atoms with van der Waals surface area (Å²) in [6.45, 7) is 0. The second-order valence-electron chi connectivity index (χ2n) is 17.2. The maximum atomic E-state index is 2.45. The Morgan fingerprint density at radius 1 is 0.234 bits per heavy atom. The molecule has 0 atom stereocenters. The molecule has 0 fully saturated rings. The van der Waals surface area contributed by atoms with Crippen molar-refractivity contribution in [3.05, 3.63) is 231 Å². The Bertz CT molecular complexity index is 4020. The largest absolute Gasteiger partial charge is 0.309 e. The van der Waals surface area contributed by atoms with Crippen molar-refractivity contribution in [2.24, 2.45) is 0 Å². The maximum Gasteiger partial charge on any atom is 0.0619 e. The van der Waals surface area contributed by atoms with Crippen LogP contribution in [0.2, 0.25) is 0 Å². The molecule has 0 N–H and O–H groups in total. The van der Waals surface area contributed by atoms with Crippen molar-refractivity contribution in [3.63, 3.8) is 0 Å². The van der Waals surface area contributed by atoms with E-state index in [1.165, 1.54) is 121 Å². The molecule has 296 valence electrons. The fraction of sp³-hybridized carbons (Fsp3) is 0. The van der Waals surface area contributed by atoms with Crippen LogP contribution in [-0.4, -0.2) is 9.13 Å². The third-order valence-electron chi connectivity index (χ3n) is 13.9. The van der Waals surface area contributed by atoms with E-state index >= 15 is 0 Å². The standard InChI is InChI=1S/C62H38N2/c1-2-14-45(15-3-1)64-60-38-44(29-31-52(60)56-32-28-40-12-4-5-17-48(40)62(56)64)43-30-35-59-57(37-43)51-20-8-9-23-58(51)63(59)46-16-10-13-42(36-46)39-24-26-41(27-25-39)47-33-34-55-50-19-7-6-18-49(50)54-22-11-21-53(47)61(54)55/h1-38H. The van der Waals surface area contributed by atoms with Crippen LogP contribution in [0, 0.1) is 0 Å². The van der Waals surface area contributed by atoms with Gasteiger partial charge < -0.3 is 9.13 Å². The highest BCUT2D eigenvalue weighted by molar-refractivity contribution is 6.20. The van der Waals surface area contributed by atoms with Gasteiger partial charge in [-0.1, -0.05) is 182 Å². The Hall–Kier alpha value is -8.46. The van der Waals surface area contributed by atoms with E-state index in [4.69, 9.17) is 0 Å². The van der Waals surface area contributed by atoms with Crippen molar-refractivity contribution in [1.82, 2.24) is 9.13 Å². The maximum absolute atomic E-state index is 2.45. The van der Waals surface area contributed by atoms with Gasteiger partial charge in [-0.05, 0) is 120 Å². The van der Waals surface area contributed by atoms with E-state index in [2.05, 4.69) is 240 Å². The van der Waals surface area contributed by atoms with Crippen LogP contribution >= 0.6 is 0 Å². The van der Waals surface area contributed by atoms with Crippen molar-refractivity contribution in [3.8, 4) is 67.0 Å². The van der Waals surface area contributed by atoms with Gasteiger partial charge in [-0.15, -0.1) is 0 Å². The van der Waals surface area contributed by atoms with Gasteiger partial charge in [0.05, 0.1) is 22.1 Å². The minimum absolute atomic E-state index is 1.15. The number of rotatable bonds is 5. The molecule has 0 spiro atoms. The van der Waals surface area contributed by atoms with E-state index < -0.39 is 0 Å². The predicted octanol–water partition coefficient (Wildman–Crippen LogP) is 16.8. The molecule has 14 rings (SSSR count). The zero-order chi connectivity index (χ0) is 41.9. The van der Waals surface area contributed by atoms with Gasteiger partial charge in [-0.25, -0.2) is 0 Å². The molecule has 0 saturated carbocycles. The fourth-order valence-electron chi connectivity index (χ4n) is 11.0. The summed E-state index contributed by atoms with van der Waals surface area (Å²) in [5.41, 5.74) is 19.8. The van der Waals surface area contributed by atoms with Gasteiger partial charge in [0.15, 0.2) is 0 Å². The van der Waals surface area contributed by atoms with Gasteiger partial charge in [0.25, 0.3) is 0 Å². The van der Waals surface area contributed by atoms with Crippen molar-refractivity contribution >= 4 is 65.2 Å². The van der Waals surface area contributed by atoms with Crippen LogP contribution in [0.15, 0.2) is 231 Å². The highest BCUT2D eigenvalue weighted by atomic mass is 15.0. The Labute approximate surface area is 370 Å². The minimum Gasteiger partial charge on any atom is -0.309 e. The van der Waals surface area contributed by atoms with Crippen molar-refractivity contribution in [2.45, 2.75) is 0 Å². The first kappa shape index (κ1) is 35.2. The fourth-order valence-corrected chi connectivity index (χ4v) is 11.0. The quantitative estimate of drug-likeness (QED) is 0.164. The van der Waals surface area contributed by atoms with Crippen LogP contribution in [-0.2, 0) is 0 Å². The van der Waals surface area contributed by atoms with Gasteiger partial charge in [-0.3, -0.25) is 0 Å². The lowest BCUT2D eigenvalue weighted by molar-refractivity contribution is 1.18. The molecular formula is C62H38N2. The summed E-state index contributed by atoms with van der Waals surface area (Å²) in [7, 11) is 0. The molecule has 64 heavy (non-hydrogen) atoms. The van der Waals surface area contributed by atoms with Gasteiger partial charge in [0.2, 0.25) is 0 Å². The molecule has 0 saturated heterocycles. The van der Waals surface area contributed by atoms with Crippen LogP contribution in [0.25, 0.3) is 132 Å². The second-order valence-corrected chi connectivity index (χ2v) is 17.2. The first-order valence-electron chi connectivity index (χ1n) is 22.2. The molecule has 0 bridgehead atoms. The first-order chi connectivity index (χ1) is 31.7. The number of para-hydroxylation sites is 2. The molecule has 2 heteroatoms. The number of benzene rings is 11. The summed E-state index contributed by atoms with van der Waals surface area (Å²) in [6, 6.07) is 85.2. The summed E-state index contributed by atoms with van der Waals surface area (Å²) in [6.07, 6.45) is 0. The lowest BCUT2D eigenvalue weighted by Crippen LogP contribution is -1.95. The van der Waals surface area contributed by atoms with Crippen molar-refractivity contribution in [2.75, 3.05) is 0 Å². The molecule has 1 aliphatic carbocycles. The Balaban J connectivity index is 0.860. The van der Waals surface area contributed by atoms with Crippen molar-refractivity contribution < 1.29 is 0 Å². The first-order valence-corrected chi connectivity index (χ1v) is 22.2. The van der Waals surface area contributed by atoms with Crippen LogP contribution in [0.1, 0.15) is 0 Å². The second kappa shape index (κ2) is 13.5. The van der Waals surface area contributed by atoms with Gasteiger partial charge in [0, 0.05) is 38.3 Å². The smallest absolute Gasteiger partial charge is 0.0619 e. The molecule has 0 amide bonds. The summed E-state index contributed by atoms with van der Waals surface area (Å²) < 4.78 is 4.88. The SMILES string of the molecule is c1ccc(-n2c3cc(-c4ccc5c(c4)c4ccccc4n5-c4cccc(-c5ccc(-c6ccc7c8c(cccc68)-c6ccccc6-7)cc5)c4)ccc3c3ccc4ccccc4c32)cc1. The zero-order valence-corrected chi connectivity index (χ0v) is 34.8. The molecule has 0 aliphatic heterocycles. The summed E-state index contributed by atoms with van der Waals surface area (Å²) >= 11 is 0. The Morgan fingerprint density at radius 2 is 0.812 bits per heavy atom. The molecular weight excluding hydrogens is 773 g/mol. The molecule has 0 radical (unpaired) electrons. The number of aromatic nitrogens is 2. The van der Waals surface area contributed by atoms with Crippen LogP contribution in [0.5, 0.6) is 0 Å². The van der Waals surface area contributed by atoms with Crippen LogP contribution in [0.3, 0.4) is 0 Å². The third kappa shape index (κ3) is 5.08. The summed E-state index contributed by atoms with van der Waals surface area (Å²) in [5.74, 6) is 0. The monoisotopic (exact) mass is 810 g/mol. The van der Waals surface area contributed by atoms with Crippen LogP contribution < -0.4 is 0 Å². The number of nitrogens with zero attached hydrogens (tertiary/aromatic N) is 2. The molecule has 1 aliphatic rings. The minimum atomic E-state index is 1.15. The number of hydrogen-bond acceptors (Lipinski definition) is 0. The van der Waals surface area contributed by atoms with Gasteiger partial charge in [-0.2, -0.15) is 0 Å². The van der Waals surface area contributed by atoms with E-state index in [-0.39, 0.29) is 0 Å².